The van der Waals surface area contributed by atoms with Crippen molar-refractivity contribution in [1.82, 2.24) is 9.88 Å². The molecule has 192 valence electrons. The molecule has 0 fully saturated rings. The van der Waals surface area contributed by atoms with Gasteiger partial charge in [0.05, 0.1) is 34.5 Å². The third-order valence-corrected chi connectivity index (χ3v) is 6.96. The summed E-state index contributed by atoms with van der Waals surface area (Å²) < 4.78 is 5.41. The minimum atomic E-state index is -1.12. The van der Waals surface area contributed by atoms with Gasteiger partial charge in [-0.15, -0.1) is 0 Å². The molecule has 1 unspecified atom stereocenters. The monoisotopic (exact) mass is 520 g/mol. The Morgan fingerprint density at radius 3 is 2.28 bits per heavy atom. The standard InChI is InChI=1S/C30H20N2O7/c33-16-9-10-18-22(15-16)27(35)25(26(18)34)24-12-11-17-21(7-3-8-23(17)31-24)30(38)39-14-4-13-32-28(36)19-5-1-2-6-20(19)29(32)37/h1-3,5-12,15,25,33H,4,13-14H2. The Balaban J connectivity index is 1.14. The highest BCUT2D eigenvalue weighted by molar-refractivity contribution is 6.29. The predicted molar refractivity (Wildman–Crippen MR) is 138 cm³/mol. The first-order valence-electron chi connectivity index (χ1n) is 12.3. The van der Waals surface area contributed by atoms with Gasteiger partial charge in [-0.05, 0) is 55.0 Å². The highest BCUT2D eigenvalue weighted by atomic mass is 16.5. The van der Waals surface area contributed by atoms with E-state index in [1.807, 2.05) is 0 Å². The number of hydrogen-bond acceptors (Lipinski definition) is 8. The molecule has 6 rings (SSSR count). The van der Waals surface area contributed by atoms with E-state index in [9.17, 15) is 29.1 Å². The van der Waals surface area contributed by atoms with Gasteiger partial charge in [-0.1, -0.05) is 24.3 Å². The number of amides is 2. The van der Waals surface area contributed by atoms with Crippen molar-refractivity contribution in [3.05, 3.63) is 106 Å². The van der Waals surface area contributed by atoms with Crippen LogP contribution in [0, 0.1) is 0 Å². The molecule has 1 aliphatic carbocycles. The number of esters is 1. The molecule has 0 spiro atoms. The molecule has 0 saturated carbocycles. The van der Waals surface area contributed by atoms with Crippen LogP contribution in [0.4, 0.5) is 0 Å². The molecule has 4 aromatic rings. The minimum absolute atomic E-state index is 0.00960. The average Bonchev–Trinajstić information content (AvgIpc) is 3.34. The maximum Gasteiger partial charge on any atom is 0.338 e. The Kier molecular flexibility index (Phi) is 5.76. The van der Waals surface area contributed by atoms with Gasteiger partial charge in [0.15, 0.2) is 11.6 Å². The van der Waals surface area contributed by atoms with Gasteiger partial charge in [-0.3, -0.25) is 29.1 Å². The molecule has 1 atom stereocenters. The number of carbonyl (C=O) groups is 5. The van der Waals surface area contributed by atoms with Crippen molar-refractivity contribution in [1.29, 1.82) is 0 Å². The number of Topliss-reactive ketones (excluding diaryl/α,β-unsaturated/α-hetero) is 2. The average molecular weight is 520 g/mol. The van der Waals surface area contributed by atoms with E-state index in [0.29, 0.717) is 22.0 Å². The van der Waals surface area contributed by atoms with E-state index in [1.165, 1.54) is 24.3 Å². The molecule has 1 N–H and O–H groups in total. The molecule has 9 heteroatoms. The Bertz CT molecular complexity index is 1710. The quantitative estimate of drug-likeness (QED) is 0.175. The summed E-state index contributed by atoms with van der Waals surface area (Å²) in [7, 11) is 0. The summed E-state index contributed by atoms with van der Waals surface area (Å²) in [6.45, 7) is 0.105. The van der Waals surface area contributed by atoms with Gasteiger partial charge in [0.25, 0.3) is 11.8 Å². The number of fused-ring (bicyclic) bond motifs is 3. The van der Waals surface area contributed by atoms with Crippen LogP contribution in [0.3, 0.4) is 0 Å². The van der Waals surface area contributed by atoms with E-state index < -0.39 is 23.5 Å². The fraction of sp³-hybridized carbons (Fsp3) is 0.133. The number of carbonyl (C=O) groups excluding carboxylic acids is 5. The predicted octanol–water partition coefficient (Wildman–Crippen LogP) is 3.95. The number of rotatable bonds is 6. The van der Waals surface area contributed by atoms with Crippen molar-refractivity contribution in [2.75, 3.05) is 13.2 Å². The highest BCUT2D eigenvalue weighted by Crippen LogP contribution is 2.35. The van der Waals surface area contributed by atoms with E-state index in [1.54, 1.807) is 48.5 Å². The number of ether oxygens (including phenoxy) is 1. The largest absolute Gasteiger partial charge is 0.508 e. The fourth-order valence-corrected chi connectivity index (χ4v) is 5.07. The lowest BCUT2D eigenvalue weighted by Gasteiger charge is -2.14. The summed E-state index contributed by atoms with van der Waals surface area (Å²) in [4.78, 5) is 69.3. The number of nitrogens with zero attached hydrogens (tertiary/aromatic N) is 2. The molecule has 39 heavy (non-hydrogen) atoms. The zero-order valence-corrected chi connectivity index (χ0v) is 20.4. The van der Waals surface area contributed by atoms with E-state index in [4.69, 9.17) is 4.74 Å². The van der Waals surface area contributed by atoms with Crippen LogP contribution in [0.15, 0.2) is 72.8 Å². The van der Waals surface area contributed by atoms with Crippen LogP contribution < -0.4 is 0 Å². The lowest BCUT2D eigenvalue weighted by Crippen LogP contribution is -2.31. The second-order valence-corrected chi connectivity index (χ2v) is 9.30. The molecule has 1 aliphatic heterocycles. The summed E-state index contributed by atoms with van der Waals surface area (Å²) >= 11 is 0. The van der Waals surface area contributed by atoms with Gasteiger partial charge in [0.2, 0.25) is 0 Å². The Labute approximate surface area is 221 Å². The van der Waals surface area contributed by atoms with Gasteiger partial charge in [-0.2, -0.15) is 0 Å². The van der Waals surface area contributed by atoms with Crippen molar-refractivity contribution < 1.29 is 33.8 Å². The Morgan fingerprint density at radius 1 is 0.821 bits per heavy atom. The number of pyridine rings is 1. The van der Waals surface area contributed by atoms with Crippen LogP contribution in [-0.4, -0.2) is 57.5 Å². The number of hydrogen-bond donors (Lipinski definition) is 1. The maximum atomic E-state index is 12.9. The highest BCUT2D eigenvalue weighted by Gasteiger charge is 2.41. The van der Waals surface area contributed by atoms with Crippen LogP contribution in [-0.2, 0) is 4.74 Å². The first-order chi connectivity index (χ1) is 18.8. The smallest absolute Gasteiger partial charge is 0.338 e. The molecule has 2 aliphatic rings. The first kappa shape index (κ1) is 24.2. The summed E-state index contributed by atoms with van der Waals surface area (Å²) in [5.41, 5.74) is 2.04. The summed E-state index contributed by atoms with van der Waals surface area (Å²) in [5, 5.41) is 10.2. The van der Waals surface area contributed by atoms with Gasteiger partial charge < -0.3 is 9.84 Å². The third-order valence-electron chi connectivity index (χ3n) is 6.96. The van der Waals surface area contributed by atoms with E-state index in [0.717, 1.165) is 4.90 Å². The fourth-order valence-electron chi connectivity index (χ4n) is 5.07. The lowest BCUT2D eigenvalue weighted by atomic mass is 9.97. The zero-order valence-electron chi connectivity index (χ0n) is 20.4. The number of imide groups is 1. The van der Waals surface area contributed by atoms with Crippen LogP contribution in [0.5, 0.6) is 5.75 Å². The van der Waals surface area contributed by atoms with Gasteiger partial charge >= 0.3 is 5.97 Å². The molecule has 2 amide bonds. The number of phenols is 1. The van der Waals surface area contributed by atoms with Gasteiger partial charge in [-0.25, -0.2) is 4.79 Å². The van der Waals surface area contributed by atoms with Crippen molar-refractivity contribution in [2.45, 2.75) is 12.3 Å². The lowest BCUT2D eigenvalue weighted by molar-refractivity contribution is 0.0484. The van der Waals surface area contributed by atoms with E-state index in [2.05, 4.69) is 4.98 Å². The number of aromatic hydroxyl groups is 1. The second kappa shape index (κ2) is 9.29. The number of ketones is 2. The molecule has 3 aromatic carbocycles. The van der Waals surface area contributed by atoms with Crippen molar-refractivity contribution in [2.24, 2.45) is 0 Å². The van der Waals surface area contributed by atoms with E-state index >= 15 is 0 Å². The summed E-state index contributed by atoms with van der Waals surface area (Å²) in [6, 6.07) is 18.7. The molecule has 0 bridgehead atoms. The van der Waals surface area contributed by atoms with Crippen LogP contribution in [0.2, 0.25) is 0 Å². The van der Waals surface area contributed by atoms with Gasteiger partial charge in [0.1, 0.15) is 11.7 Å². The third kappa shape index (κ3) is 3.95. The molecule has 2 heterocycles. The van der Waals surface area contributed by atoms with Gasteiger partial charge in [0, 0.05) is 23.1 Å². The number of phenolic OH excluding ortho intramolecular Hbond substituents is 1. The molecule has 0 saturated heterocycles. The van der Waals surface area contributed by atoms with Crippen molar-refractivity contribution in [3.63, 3.8) is 0 Å². The molecular weight excluding hydrogens is 500 g/mol. The second-order valence-electron chi connectivity index (χ2n) is 9.30. The normalized spacial score (nSPS) is 16.1. The first-order valence-corrected chi connectivity index (χ1v) is 12.3. The molecule has 9 nitrogen and oxygen atoms in total. The van der Waals surface area contributed by atoms with Crippen molar-refractivity contribution >= 4 is 40.3 Å². The topological polar surface area (TPSA) is 131 Å². The zero-order chi connectivity index (χ0) is 27.3. The van der Waals surface area contributed by atoms with E-state index in [-0.39, 0.29) is 59.5 Å². The SMILES string of the molecule is O=C(OCCCN1C(=O)c2ccccc2C1=O)c1cccc2nc(C3C(=O)c4ccc(O)cc4C3=O)ccc12. The maximum absolute atomic E-state index is 12.9. The van der Waals surface area contributed by atoms with Crippen LogP contribution in [0.25, 0.3) is 10.9 Å². The number of benzene rings is 3. The van der Waals surface area contributed by atoms with Crippen LogP contribution >= 0.6 is 0 Å². The van der Waals surface area contributed by atoms with Crippen LogP contribution in [0.1, 0.15) is 69.8 Å². The number of aromatic nitrogens is 1. The Hall–Kier alpha value is -5.18. The minimum Gasteiger partial charge on any atom is -0.508 e. The Morgan fingerprint density at radius 2 is 1.54 bits per heavy atom. The molecule has 0 radical (unpaired) electrons. The van der Waals surface area contributed by atoms with Crippen molar-refractivity contribution in [3.8, 4) is 5.75 Å². The molecular formula is C30H20N2O7. The summed E-state index contributed by atoms with van der Waals surface area (Å²) in [6.07, 6.45) is 0.270. The summed E-state index contributed by atoms with van der Waals surface area (Å²) in [5.74, 6) is -3.39. The molecule has 1 aromatic heterocycles.